The van der Waals surface area contributed by atoms with E-state index in [0.717, 1.165) is 10.4 Å². The number of ketones is 1. The average molecular weight is 337 g/mol. The van der Waals surface area contributed by atoms with Gasteiger partial charge in [-0.05, 0) is 34.5 Å². The Labute approximate surface area is 135 Å². The summed E-state index contributed by atoms with van der Waals surface area (Å²) < 4.78 is 4.99. The summed E-state index contributed by atoms with van der Waals surface area (Å²) in [4.78, 5) is 35.8. The molecule has 5 nitrogen and oxygen atoms in total. The van der Waals surface area contributed by atoms with Gasteiger partial charge in [0.15, 0.2) is 6.61 Å². The lowest BCUT2D eigenvalue weighted by Crippen LogP contribution is -2.18. The molecule has 0 bridgehead atoms. The highest BCUT2D eigenvalue weighted by molar-refractivity contribution is 7.14. The second-order valence-electron chi connectivity index (χ2n) is 4.57. The number of thiophene rings is 2. The Kier molecular flexibility index (Phi) is 5.85. The van der Waals surface area contributed by atoms with Crippen molar-refractivity contribution in [1.29, 1.82) is 0 Å². The summed E-state index contributed by atoms with van der Waals surface area (Å²) in [6.07, 6.45) is 0.176. The van der Waals surface area contributed by atoms with Crippen molar-refractivity contribution in [3.05, 3.63) is 44.3 Å². The van der Waals surface area contributed by atoms with Crippen molar-refractivity contribution in [3.8, 4) is 0 Å². The lowest BCUT2D eigenvalue weighted by Gasteiger charge is -2.02. The van der Waals surface area contributed by atoms with E-state index in [0.29, 0.717) is 11.4 Å². The third-order valence-electron chi connectivity index (χ3n) is 2.74. The molecule has 116 valence electrons. The van der Waals surface area contributed by atoms with Crippen LogP contribution in [0.15, 0.2) is 29.0 Å². The summed E-state index contributed by atoms with van der Waals surface area (Å²) >= 11 is 2.80. The molecule has 22 heavy (non-hydrogen) atoms. The van der Waals surface area contributed by atoms with E-state index in [1.54, 1.807) is 12.1 Å². The zero-order valence-corrected chi connectivity index (χ0v) is 13.6. The van der Waals surface area contributed by atoms with Crippen LogP contribution in [0.4, 0.5) is 0 Å². The SMILES string of the molecule is CC(=O)NCc1ccc(C(=O)COC(=O)Cc2ccsc2)s1. The van der Waals surface area contributed by atoms with Crippen LogP contribution in [0.25, 0.3) is 0 Å². The van der Waals surface area contributed by atoms with E-state index in [-0.39, 0.29) is 24.7 Å². The molecular formula is C15H15NO4S2. The largest absolute Gasteiger partial charge is 0.457 e. The molecule has 0 aliphatic carbocycles. The number of hydrogen-bond donors (Lipinski definition) is 1. The number of carbonyl (C=O) groups is 3. The smallest absolute Gasteiger partial charge is 0.310 e. The molecular weight excluding hydrogens is 322 g/mol. The third-order valence-corrected chi connectivity index (χ3v) is 4.60. The second kappa shape index (κ2) is 7.86. The first-order valence-electron chi connectivity index (χ1n) is 6.57. The minimum Gasteiger partial charge on any atom is -0.457 e. The molecule has 0 saturated heterocycles. The maximum atomic E-state index is 12.0. The quantitative estimate of drug-likeness (QED) is 0.622. The molecule has 0 fully saturated rings. The minimum absolute atomic E-state index is 0.122. The predicted octanol–water partition coefficient (Wildman–Crippen LogP) is 2.41. The molecule has 7 heteroatoms. The molecule has 0 aliphatic rings. The summed E-state index contributed by atoms with van der Waals surface area (Å²) in [6, 6.07) is 5.30. The first kappa shape index (κ1) is 16.4. The minimum atomic E-state index is -0.415. The summed E-state index contributed by atoms with van der Waals surface area (Å²) in [5.74, 6) is -0.775. The van der Waals surface area contributed by atoms with E-state index < -0.39 is 5.97 Å². The van der Waals surface area contributed by atoms with Crippen LogP contribution in [0, 0.1) is 0 Å². The lowest BCUT2D eigenvalue weighted by molar-refractivity contribution is -0.141. The van der Waals surface area contributed by atoms with Crippen molar-refractivity contribution < 1.29 is 19.1 Å². The second-order valence-corrected chi connectivity index (χ2v) is 6.52. The third kappa shape index (κ3) is 5.09. The van der Waals surface area contributed by atoms with Crippen LogP contribution in [-0.2, 0) is 27.3 Å². The fraction of sp³-hybridized carbons (Fsp3) is 0.267. The van der Waals surface area contributed by atoms with Crippen LogP contribution in [0.2, 0.25) is 0 Å². The number of Topliss-reactive ketones (excluding diaryl/α,β-unsaturated/α-hetero) is 1. The maximum absolute atomic E-state index is 12.0. The molecule has 1 amide bonds. The number of ether oxygens (including phenoxy) is 1. The van der Waals surface area contributed by atoms with Crippen molar-refractivity contribution in [2.75, 3.05) is 6.61 Å². The fourth-order valence-electron chi connectivity index (χ4n) is 1.66. The number of esters is 1. The Balaban J connectivity index is 1.79. The van der Waals surface area contributed by atoms with Crippen LogP contribution in [0.3, 0.4) is 0 Å². The van der Waals surface area contributed by atoms with E-state index in [9.17, 15) is 14.4 Å². The van der Waals surface area contributed by atoms with Gasteiger partial charge in [-0.2, -0.15) is 11.3 Å². The molecule has 2 aromatic heterocycles. The van der Waals surface area contributed by atoms with E-state index in [1.165, 1.54) is 29.6 Å². The molecule has 0 spiro atoms. The van der Waals surface area contributed by atoms with Gasteiger partial charge in [-0.15, -0.1) is 11.3 Å². The van der Waals surface area contributed by atoms with Gasteiger partial charge in [0.05, 0.1) is 17.8 Å². The molecule has 2 rings (SSSR count). The van der Waals surface area contributed by atoms with E-state index >= 15 is 0 Å². The van der Waals surface area contributed by atoms with Gasteiger partial charge in [-0.25, -0.2) is 0 Å². The Morgan fingerprint density at radius 1 is 1.23 bits per heavy atom. The molecule has 2 aromatic rings. The van der Waals surface area contributed by atoms with Gasteiger partial charge in [0.2, 0.25) is 11.7 Å². The van der Waals surface area contributed by atoms with Gasteiger partial charge in [0, 0.05) is 11.8 Å². The van der Waals surface area contributed by atoms with Crippen LogP contribution in [-0.4, -0.2) is 24.3 Å². The van der Waals surface area contributed by atoms with Crippen molar-refractivity contribution in [1.82, 2.24) is 5.32 Å². The van der Waals surface area contributed by atoms with Crippen molar-refractivity contribution >= 4 is 40.3 Å². The Hall–Kier alpha value is -1.99. The summed E-state index contributed by atoms with van der Waals surface area (Å²) in [6.45, 7) is 1.57. The average Bonchev–Trinajstić information content (AvgIpc) is 3.13. The van der Waals surface area contributed by atoms with Gasteiger partial charge in [-0.1, -0.05) is 0 Å². The fourth-order valence-corrected chi connectivity index (χ4v) is 3.20. The molecule has 0 radical (unpaired) electrons. The standard InChI is InChI=1S/C15H15NO4S2/c1-10(17)16-7-12-2-3-14(22-12)13(18)8-20-15(19)6-11-4-5-21-9-11/h2-5,9H,6-8H2,1H3,(H,16,17). The first-order chi connectivity index (χ1) is 10.5. The first-order valence-corrected chi connectivity index (χ1v) is 8.33. The molecule has 0 aliphatic heterocycles. The zero-order chi connectivity index (χ0) is 15.9. The number of nitrogens with one attached hydrogen (secondary N) is 1. The van der Waals surface area contributed by atoms with Gasteiger partial charge in [0.1, 0.15) is 0 Å². The number of hydrogen-bond acceptors (Lipinski definition) is 6. The molecule has 0 aromatic carbocycles. The number of carbonyl (C=O) groups excluding carboxylic acids is 3. The highest BCUT2D eigenvalue weighted by Crippen LogP contribution is 2.17. The Morgan fingerprint density at radius 3 is 2.73 bits per heavy atom. The van der Waals surface area contributed by atoms with Gasteiger partial charge in [0.25, 0.3) is 0 Å². The Bertz CT molecular complexity index is 661. The zero-order valence-electron chi connectivity index (χ0n) is 12.0. The van der Waals surface area contributed by atoms with E-state index in [1.807, 2.05) is 16.8 Å². The highest BCUT2D eigenvalue weighted by atomic mass is 32.1. The molecule has 1 N–H and O–H groups in total. The van der Waals surface area contributed by atoms with Gasteiger partial charge >= 0.3 is 5.97 Å². The van der Waals surface area contributed by atoms with Crippen LogP contribution in [0.5, 0.6) is 0 Å². The summed E-state index contributed by atoms with van der Waals surface area (Å²) in [5.41, 5.74) is 0.885. The van der Waals surface area contributed by atoms with Gasteiger partial charge in [-0.3, -0.25) is 14.4 Å². The lowest BCUT2D eigenvalue weighted by atomic mass is 10.2. The van der Waals surface area contributed by atoms with E-state index in [4.69, 9.17) is 4.74 Å². The molecule has 0 atom stereocenters. The summed E-state index contributed by atoms with van der Waals surface area (Å²) in [7, 11) is 0. The van der Waals surface area contributed by atoms with Crippen LogP contribution in [0.1, 0.15) is 27.0 Å². The topological polar surface area (TPSA) is 72.5 Å². The van der Waals surface area contributed by atoms with Crippen LogP contribution >= 0.6 is 22.7 Å². The maximum Gasteiger partial charge on any atom is 0.310 e. The van der Waals surface area contributed by atoms with Crippen molar-refractivity contribution in [2.24, 2.45) is 0 Å². The monoisotopic (exact) mass is 337 g/mol. The molecule has 0 saturated carbocycles. The van der Waals surface area contributed by atoms with Crippen LogP contribution < -0.4 is 5.32 Å². The van der Waals surface area contributed by atoms with Crippen molar-refractivity contribution in [2.45, 2.75) is 19.9 Å². The van der Waals surface area contributed by atoms with Gasteiger partial charge < -0.3 is 10.1 Å². The van der Waals surface area contributed by atoms with Crippen molar-refractivity contribution in [3.63, 3.8) is 0 Å². The highest BCUT2D eigenvalue weighted by Gasteiger charge is 2.13. The van der Waals surface area contributed by atoms with E-state index in [2.05, 4.69) is 5.32 Å². The number of amides is 1. The number of rotatable bonds is 7. The summed E-state index contributed by atoms with van der Waals surface area (Å²) in [5, 5.41) is 6.42. The Morgan fingerprint density at radius 2 is 2.05 bits per heavy atom. The molecule has 2 heterocycles. The normalized spacial score (nSPS) is 10.2. The predicted molar refractivity (Wildman–Crippen MR) is 85.2 cm³/mol. The molecule has 0 unspecified atom stereocenters.